The summed E-state index contributed by atoms with van der Waals surface area (Å²) in [7, 11) is 2.12. The van der Waals surface area contributed by atoms with Gasteiger partial charge >= 0.3 is 0 Å². The van der Waals surface area contributed by atoms with E-state index in [1.807, 2.05) is 18.5 Å². The number of imidazole rings is 1. The summed E-state index contributed by atoms with van der Waals surface area (Å²) in [5.41, 5.74) is 6.41. The zero-order chi connectivity index (χ0) is 19.0. The smallest absolute Gasteiger partial charge is 0.153 e. The molecule has 0 amide bonds. The average molecular weight is 367 g/mol. The summed E-state index contributed by atoms with van der Waals surface area (Å²) in [5.74, 6) is 2.14. The highest BCUT2D eigenvalue weighted by Crippen LogP contribution is 2.49. The van der Waals surface area contributed by atoms with Crippen LogP contribution in [0.5, 0.6) is 0 Å². The Labute approximate surface area is 163 Å². The molecular weight excluding hydrogens is 346 g/mol. The number of benzene rings is 2. The van der Waals surface area contributed by atoms with Crippen LogP contribution < -0.4 is 9.80 Å². The van der Waals surface area contributed by atoms with Gasteiger partial charge in [-0.25, -0.2) is 9.97 Å². The number of nitrogens with zero attached hydrogens (tertiary/aromatic N) is 5. The predicted octanol–water partition coefficient (Wildman–Crippen LogP) is 4.57. The molecule has 0 fully saturated rings. The van der Waals surface area contributed by atoms with Crippen LogP contribution in [0.3, 0.4) is 0 Å². The van der Waals surface area contributed by atoms with Crippen molar-refractivity contribution < 1.29 is 0 Å². The number of pyridine rings is 1. The third kappa shape index (κ3) is 1.81. The van der Waals surface area contributed by atoms with Crippen LogP contribution in [0.25, 0.3) is 16.5 Å². The molecule has 1 atom stereocenters. The van der Waals surface area contributed by atoms with Crippen molar-refractivity contribution in [2.75, 3.05) is 16.8 Å². The lowest BCUT2D eigenvalue weighted by Crippen LogP contribution is -2.36. The van der Waals surface area contributed by atoms with Crippen molar-refractivity contribution in [3.05, 3.63) is 71.9 Å². The highest BCUT2D eigenvalue weighted by Gasteiger charge is 2.37. The molecule has 2 aromatic carbocycles. The number of aromatic nitrogens is 3. The molecule has 0 bridgehead atoms. The van der Waals surface area contributed by atoms with Crippen molar-refractivity contribution in [1.82, 2.24) is 14.5 Å². The normalized spacial score (nSPS) is 17.2. The second kappa shape index (κ2) is 5.35. The highest BCUT2D eigenvalue weighted by molar-refractivity contribution is 6.02. The lowest BCUT2D eigenvalue weighted by Gasteiger charge is -2.31. The number of anilines is 3. The second-order valence-electron chi connectivity index (χ2n) is 7.70. The number of rotatable bonds is 1. The number of hydrogen-bond donors (Lipinski definition) is 0. The van der Waals surface area contributed by atoms with Gasteiger partial charge in [-0.2, -0.15) is 0 Å². The van der Waals surface area contributed by atoms with Crippen molar-refractivity contribution in [3.63, 3.8) is 0 Å². The molecule has 5 nitrogen and oxygen atoms in total. The third-order valence-corrected chi connectivity index (χ3v) is 6.34. The van der Waals surface area contributed by atoms with Crippen LogP contribution in [-0.4, -0.2) is 27.7 Å². The molecule has 0 spiro atoms. The minimum Gasteiger partial charge on any atom is -0.337 e. The van der Waals surface area contributed by atoms with Gasteiger partial charge in [0.15, 0.2) is 5.82 Å². The molecule has 0 unspecified atom stereocenters. The standard InChI is InChI=1S/C23H21N5/c1-14-16-7-4-5-8-17(16)22-18(13-20-24-11-12-27(20)22)21(14)28-15(2)26(3)23-19(28)9-6-10-25-23/h4-12,15H,13H2,1-3H3/t15-/m0/s1. The lowest BCUT2D eigenvalue weighted by atomic mass is 9.95. The fourth-order valence-electron chi connectivity index (χ4n) is 4.95. The molecule has 28 heavy (non-hydrogen) atoms. The molecule has 5 heteroatoms. The van der Waals surface area contributed by atoms with Crippen LogP contribution in [0, 0.1) is 6.92 Å². The highest BCUT2D eigenvalue weighted by atomic mass is 15.4. The van der Waals surface area contributed by atoms with Gasteiger partial charge in [0.25, 0.3) is 0 Å². The summed E-state index contributed by atoms with van der Waals surface area (Å²) in [4.78, 5) is 14.0. The Morgan fingerprint density at radius 2 is 1.79 bits per heavy atom. The van der Waals surface area contributed by atoms with Crippen molar-refractivity contribution in [1.29, 1.82) is 0 Å². The first-order valence-corrected chi connectivity index (χ1v) is 9.70. The van der Waals surface area contributed by atoms with Gasteiger partial charge in [-0.05, 0) is 36.9 Å². The molecule has 2 aliphatic rings. The Morgan fingerprint density at radius 1 is 0.964 bits per heavy atom. The summed E-state index contributed by atoms with van der Waals surface area (Å²) in [6, 6.07) is 12.9. The number of hydrogen-bond acceptors (Lipinski definition) is 4. The lowest BCUT2D eigenvalue weighted by molar-refractivity contribution is 0.726. The van der Waals surface area contributed by atoms with Gasteiger partial charge in [-0.15, -0.1) is 0 Å². The SMILES string of the molecule is Cc1c(N2c3cccnc3N(C)[C@@H]2C)c2c(c3ccccc13)-n1ccnc1C2. The zero-order valence-corrected chi connectivity index (χ0v) is 16.2. The molecule has 0 saturated heterocycles. The molecule has 0 radical (unpaired) electrons. The van der Waals surface area contributed by atoms with Crippen LogP contribution >= 0.6 is 0 Å². The van der Waals surface area contributed by atoms with E-state index in [1.165, 1.54) is 39.0 Å². The van der Waals surface area contributed by atoms with Gasteiger partial charge in [0.1, 0.15) is 12.0 Å². The Balaban J connectivity index is 1.72. The van der Waals surface area contributed by atoms with Crippen LogP contribution in [0.1, 0.15) is 23.9 Å². The van der Waals surface area contributed by atoms with Crippen molar-refractivity contribution >= 4 is 28.0 Å². The summed E-state index contributed by atoms with van der Waals surface area (Å²) in [5, 5.41) is 2.59. The van der Waals surface area contributed by atoms with Gasteiger partial charge in [-0.3, -0.25) is 0 Å². The van der Waals surface area contributed by atoms with Crippen molar-refractivity contribution in [3.8, 4) is 5.69 Å². The average Bonchev–Trinajstić information content (AvgIpc) is 3.37. The van der Waals surface area contributed by atoms with Crippen molar-refractivity contribution in [2.45, 2.75) is 26.4 Å². The molecular formula is C23H21N5. The number of fused-ring (bicyclic) bond motifs is 6. The first kappa shape index (κ1) is 15.7. The largest absolute Gasteiger partial charge is 0.337 e. The zero-order valence-electron chi connectivity index (χ0n) is 16.2. The van der Waals surface area contributed by atoms with Gasteiger partial charge < -0.3 is 14.4 Å². The first-order chi connectivity index (χ1) is 13.7. The van der Waals surface area contributed by atoms with E-state index < -0.39 is 0 Å². The summed E-state index contributed by atoms with van der Waals surface area (Å²) in [6.07, 6.45) is 6.91. The van der Waals surface area contributed by atoms with Crippen LogP contribution in [0.2, 0.25) is 0 Å². The number of aryl methyl sites for hydroxylation is 1. The maximum absolute atomic E-state index is 4.65. The minimum absolute atomic E-state index is 0.196. The molecule has 0 N–H and O–H groups in total. The molecule has 2 aliphatic heterocycles. The van der Waals surface area contributed by atoms with E-state index in [0.717, 1.165) is 18.1 Å². The third-order valence-electron chi connectivity index (χ3n) is 6.34. The van der Waals surface area contributed by atoms with Gasteiger partial charge in [0.05, 0.1) is 17.1 Å². The topological polar surface area (TPSA) is 37.2 Å². The quantitative estimate of drug-likeness (QED) is 0.435. The summed E-state index contributed by atoms with van der Waals surface area (Å²) < 4.78 is 2.26. The van der Waals surface area contributed by atoms with Crippen LogP contribution in [0.4, 0.5) is 17.2 Å². The Kier molecular flexibility index (Phi) is 3.00. The monoisotopic (exact) mass is 367 g/mol. The maximum atomic E-state index is 4.65. The van der Waals surface area contributed by atoms with E-state index in [-0.39, 0.29) is 6.17 Å². The van der Waals surface area contributed by atoms with Crippen LogP contribution in [-0.2, 0) is 6.42 Å². The maximum Gasteiger partial charge on any atom is 0.153 e. The van der Waals surface area contributed by atoms with Crippen LogP contribution in [0.15, 0.2) is 55.0 Å². The fourth-order valence-corrected chi connectivity index (χ4v) is 4.95. The van der Waals surface area contributed by atoms with E-state index in [2.05, 4.69) is 81.8 Å². The molecule has 138 valence electrons. The Hall–Kier alpha value is -3.34. The Morgan fingerprint density at radius 3 is 2.64 bits per heavy atom. The predicted molar refractivity (Wildman–Crippen MR) is 113 cm³/mol. The molecule has 6 rings (SSSR count). The Bertz CT molecular complexity index is 1260. The van der Waals surface area contributed by atoms with Gasteiger partial charge in [0, 0.05) is 43.0 Å². The van der Waals surface area contributed by atoms with Crippen molar-refractivity contribution in [2.24, 2.45) is 0 Å². The van der Waals surface area contributed by atoms with Gasteiger partial charge in [-0.1, -0.05) is 24.3 Å². The minimum atomic E-state index is 0.196. The summed E-state index contributed by atoms with van der Waals surface area (Å²) in [6.45, 7) is 4.50. The first-order valence-electron chi connectivity index (χ1n) is 9.70. The van der Waals surface area contributed by atoms with Gasteiger partial charge in [0.2, 0.25) is 0 Å². The molecule has 4 aromatic rings. The van der Waals surface area contributed by atoms with E-state index >= 15 is 0 Å². The molecule has 4 heterocycles. The molecule has 0 aliphatic carbocycles. The molecule has 2 aromatic heterocycles. The van der Waals surface area contributed by atoms with E-state index in [1.54, 1.807) is 0 Å². The molecule has 0 saturated carbocycles. The fraction of sp³-hybridized carbons (Fsp3) is 0.217. The van der Waals surface area contributed by atoms with E-state index in [4.69, 9.17) is 0 Å². The van der Waals surface area contributed by atoms with E-state index in [9.17, 15) is 0 Å². The van der Waals surface area contributed by atoms with E-state index in [0.29, 0.717) is 0 Å². The summed E-state index contributed by atoms with van der Waals surface area (Å²) >= 11 is 0. The second-order valence-corrected chi connectivity index (χ2v) is 7.70.